The van der Waals surface area contributed by atoms with Crippen LogP contribution in [0.3, 0.4) is 0 Å². The van der Waals surface area contributed by atoms with Gasteiger partial charge in [0.2, 0.25) is 0 Å². The highest BCUT2D eigenvalue weighted by Gasteiger charge is 2.23. The van der Waals surface area contributed by atoms with Gasteiger partial charge in [0.15, 0.2) is 0 Å². The molecule has 0 aliphatic carbocycles. The third kappa shape index (κ3) is 3.85. The van der Waals surface area contributed by atoms with E-state index in [2.05, 4.69) is 23.4 Å². The number of rotatable bonds is 2. The molecule has 0 radical (unpaired) electrons. The van der Waals surface area contributed by atoms with Gasteiger partial charge in [0.05, 0.1) is 10.0 Å². The van der Waals surface area contributed by atoms with Gasteiger partial charge >= 0.3 is 0 Å². The van der Waals surface area contributed by atoms with Crippen molar-refractivity contribution in [3.8, 4) is 5.75 Å². The lowest BCUT2D eigenvalue weighted by atomic mass is 10.1. The number of ether oxygens (including phenoxy) is 1. The number of thiophene rings is 1. The highest BCUT2D eigenvalue weighted by molar-refractivity contribution is 7.10. The summed E-state index contributed by atoms with van der Waals surface area (Å²) in [6.45, 7) is 1.94. The number of hydrogen-bond acceptors (Lipinski definition) is 3. The number of fused-ring (bicyclic) bond motifs is 1. The minimum absolute atomic E-state index is 0. The van der Waals surface area contributed by atoms with Crippen LogP contribution >= 0.6 is 46.9 Å². The summed E-state index contributed by atoms with van der Waals surface area (Å²) in [7, 11) is 2.13. The second-order valence-corrected chi connectivity index (χ2v) is 6.81. The van der Waals surface area contributed by atoms with Crippen LogP contribution in [0.5, 0.6) is 5.75 Å². The van der Waals surface area contributed by atoms with Crippen molar-refractivity contribution in [2.45, 2.75) is 12.5 Å². The summed E-state index contributed by atoms with van der Waals surface area (Å²) in [6.07, 6.45) is 1.13. The molecule has 1 aliphatic rings. The molecule has 6 heteroatoms. The monoisotopic (exact) mass is 363 g/mol. The van der Waals surface area contributed by atoms with Gasteiger partial charge in [0.25, 0.3) is 0 Å². The molecular formula is C15H16Cl3NOS. The number of halogens is 3. The standard InChI is InChI=1S/C15H15Cl2NOS.ClH/c1-18-6-4-15-11(5-7-20-15)14(9-18)19-10-2-3-12(16)13(17)8-10;/h2-3,5,7-8,14H,4,6,9H2,1H3;1H. The molecule has 0 spiro atoms. The fourth-order valence-corrected chi connectivity index (χ4v) is 3.63. The fourth-order valence-electron chi connectivity index (χ4n) is 2.42. The Morgan fingerprint density at radius 1 is 1.24 bits per heavy atom. The van der Waals surface area contributed by atoms with Crippen LogP contribution < -0.4 is 4.74 Å². The van der Waals surface area contributed by atoms with E-state index in [9.17, 15) is 0 Å². The van der Waals surface area contributed by atoms with Gasteiger partial charge in [0, 0.05) is 29.6 Å². The Kier molecular flexibility index (Phi) is 5.81. The van der Waals surface area contributed by atoms with E-state index in [1.807, 2.05) is 6.07 Å². The van der Waals surface area contributed by atoms with Crippen molar-refractivity contribution in [3.05, 3.63) is 50.1 Å². The zero-order chi connectivity index (χ0) is 14.1. The van der Waals surface area contributed by atoms with Crippen molar-refractivity contribution in [1.82, 2.24) is 4.90 Å². The number of likely N-dealkylation sites (N-methyl/N-ethyl adjacent to an activating group) is 1. The Morgan fingerprint density at radius 3 is 2.81 bits per heavy atom. The molecule has 1 unspecified atom stereocenters. The van der Waals surface area contributed by atoms with Crippen LogP contribution in [0.1, 0.15) is 16.5 Å². The van der Waals surface area contributed by atoms with Crippen molar-refractivity contribution in [2.24, 2.45) is 0 Å². The first-order valence-electron chi connectivity index (χ1n) is 6.50. The van der Waals surface area contributed by atoms with E-state index in [4.69, 9.17) is 27.9 Å². The molecule has 2 aromatic rings. The van der Waals surface area contributed by atoms with Gasteiger partial charge in [-0.15, -0.1) is 23.7 Å². The van der Waals surface area contributed by atoms with Gasteiger partial charge in [-0.1, -0.05) is 23.2 Å². The topological polar surface area (TPSA) is 12.5 Å². The summed E-state index contributed by atoms with van der Waals surface area (Å²) in [5, 5.41) is 3.21. The molecule has 114 valence electrons. The van der Waals surface area contributed by atoms with E-state index >= 15 is 0 Å². The van der Waals surface area contributed by atoms with Gasteiger partial charge in [-0.05, 0) is 37.0 Å². The molecule has 2 nitrogen and oxygen atoms in total. The van der Waals surface area contributed by atoms with Crippen molar-refractivity contribution < 1.29 is 4.74 Å². The molecule has 21 heavy (non-hydrogen) atoms. The van der Waals surface area contributed by atoms with Crippen molar-refractivity contribution in [3.63, 3.8) is 0 Å². The summed E-state index contributed by atoms with van der Waals surface area (Å²) < 4.78 is 6.15. The van der Waals surface area contributed by atoms with Gasteiger partial charge in [0.1, 0.15) is 11.9 Å². The van der Waals surface area contributed by atoms with E-state index in [-0.39, 0.29) is 18.5 Å². The first-order valence-corrected chi connectivity index (χ1v) is 8.13. The minimum Gasteiger partial charge on any atom is -0.484 e. The average Bonchev–Trinajstić information content (AvgIpc) is 2.83. The highest BCUT2D eigenvalue weighted by atomic mass is 35.5. The van der Waals surface area contributed by atoms with Crippen molar-refractivity contribution in [2.75, 3.05) is 20.1 Å². The third-order valence-electron chi connectivity index (χ3n) is 3.49. The zero-order valence-corrected chi connectivity index (χ0v) is 14.7. The van der Waals surface area contributed by atoms with Crippen LogP contribution in [-0.2, 0) is 6.42 Å². The SMILES string of the molecule is CN1CCc2sccc2C(Oc2ccc(Cl)c(Cl)c2)C1.Cl. The molecule has 0 bridgehead atoms. The van der Waals surface area contributed by atoms with Gasteiger partial charge in [-0.3, -0.25) is 0 Å². The average molecular weight is 365 g/mol. The van der Waals surface area contributed by atoms with Crippen molar-refractivity contribution >= 4 is 46.9 Å². The molecule has 0 fully saturated rings. The molecule has 1 aromatic carbocycles. The van der Waals surface area contributed by atoms with E-state index in [1.54, 1.807) is 23.5 Å². The smallest absolute Gasteiger partial charge is 0.137 e. The van der Waals surface area contributed by atoms with Crippen LogP contribution in [0.25, 0.3) is 0 Å². The summed E-state index contributed by atoms with van der Waals surface area (Å²) in [5.41, 5.74) is 1.30. The quantitative estimate of drug-likeness (QED) is 0.736. The van der Waals surface area contributed by atoms with Crippen molar-refractivity contribution in [1.29, 1.82) is 0 Å². The Morgan fingerprint density at radius 2 is 2.05 bits per heavy atom. The van der Waals surface area contributed by atoms with Gasteiger partial charge in [-0.2, -0.15) is 0 Å². The largest absolute Gasteiger partial charge is 0.484 e. The zero-order valence-electron chi connectivity index (χ0n) is 11.5. The second-order valence-electron chi connectivity index (χ2n) is 4.99. The Balaban J connectivity index is 0.00000161. The van der Waals surface area contributed by atoms with Crippen LogP contribution in [0, 0.1) is 0 Å². The second kappa shape index (κ2) is 7.21. The van der Waals surface area contributed by atoms with Crippen LogP contribution in [-0.4, -0.2) is 25.0 Å². The summed E-state index contributed by atoms with van der Waals surface area (Å²) in [5.74, 6) is 0.761. The normalized spacial score (nSPS) is 18.5. The maximum absolute atomic E-state index is 6.15. The van der Waals surface area contributed by atoms with E-state index in [1.165, 1.54) is 10.4 Å². The fraction of sp³-hybridized carbons (Fsp3) is 0.333. The van der Waals surface area contributed by atoms with E-state index < -0.39 is 0 Å². The molecule has 0 saturated carbocycles. The van der Waals surface area contributed by atoms with Crippen LogP contribution in [0.2, 0.25) is 10.0 Å². The van der Waals surface area contributed by atoms with Gasteiger partial charge in [-0.25, -0.2) is 0 Å². The van der Waals surface area contributed by atoms with Crippen LogP contribution in [0.4, 0.5) is 0 Å². The number of benzene rings is 1. The van der Waals surface area contributed by atoms with E-state index in [0.717, 1.165) is 25.3 Å². The lowest BCUT2D eigenvalue weighted by Crippen LogP contribution is -2.26. The summed E-state index contributed by atoms with van der Waals surface area (Å²) >= 11 is 13.8. The van der Waals surface area contributed by atoms with Gasteiger partial charge < -0.3 is 9.64 Å². The number of hydrogen-bond donors (Lipinski definition) is 0. The molecule has 3 rings (SSSR count). The molecular weight excluding hydrogens is 349 g/mol. The maximum Gasteiger partial charge on any atom is 0.137 e. The lowest BCUT2D eigenvalue weighted by molar-refractivity contribution is 0.156. The highest BCUT2D eigenvalue weighted by Crippen LogP contribution is 2.33. The third-order valence-corrected chi connectivity index (χ3v) is 5.23. The van der Waals surface area contributed by atoms with E-state index in [0.29, 0.717) is 10.0 Å². The molecule has 0 N–H and O–H groups in total. The molecule has 1 aliphatic heterocycles. The molecule has 0 amide bonds. The molecule has 1 aromatic heterocycles. The molecule has 0 saturated heterocycles. The molecule has 2 heterocycles. The van der Waals surface area contributed by atoms with Crippen LogP contribution in [0.15, 0.2) is 29.6 Å². The molecule has 1 atom stereocenters. The Labute approximate surface area is 145 Å². The predicted octanol–water partition coefficient (Wildman–Crippen LogP) is 5.08. The minimum atomic E-state index is 0. The Hall–Kier alpha value is -0.450. The summed E-state index contributed by atoms with van der Waals surface area (Å²) in [4.78, 5) is 3.72. The first-order chi connectivity index (χ1) is 9.63. The maximum atomic E-state index is 6.15. The lowest BCUT2D eigenvalue weighted by Gasteiger charge is -2.22. The number of nitrogens with zero attached hydrogens (tertiary/aromatic N) is 1. The Bertz CT molecular complexity index is 617. The summed E-state index contributed by atoms with van der Waals surface area (Å²) in [6, 6.07) is 7.58. The predicted molar refractivity (Wildman–Crippen MR) is 92.6 cm³/mol. The first kappa shape index (κ1) is 16.9.